The molecule has 0 aromatic carbocycles. The predicted octanol–water partition coefficient (Wildman–Crippen LogP) is 24.2. The number of hydrogen-bond acceptors (Lipinski definition) is 15. The van der Waals surface area contributed by atoms with Crippen LogP contribution in [-0.2, 0) is 65.4 Å². The SMILES string of the molecule is CC/C=C\C/C=C\C/C=C\C/C=C\C/C=C\CCCCCC(=O)O[C@H](COC(=O)CC/C=C\C/C=C\C/C=C\C/C=C\C/C=C\CCCCC)COP(=O)(O)OC[C@@H](O)COP(=O)(O)OC[C@@H](COC(=O)CCCCCCCCC/C=C\CCCCCC)OC(=O)CCCCCCC/C=C\CCCCCC. The number of unbranched alkanes of at least 4 members (excludes halogenated alkanes) is 26. The second-order valence-electron chi connectivity index (χ2n) is 27.0. The van der Waals surface area contributed by atoms with Crippen molar-refractivity contribution in [3.63, 3.8) is 0 Å². The summed E-state index contributed by atoms with van der Waals surface area (Å²) in [6.07, 6.45) is 89.8. The lowest BCUT2D eigenvalue weighted by Crippen LogP contribution is -2.30. The van der Waals surface area contributed by atoms with Crippen LogP contribution in [0, 0.1) is 0 Å². The van der Waals surface area contributed by atoms with E-state index in [1.54, 1.807) is 0 Å². The minimum Gasteiger partial charge on any atom is -0.462 e. The third-order valence-corrected chi connectivity index (χ3v) is 18.7. The average Bonchev–Trinajstić information content (AvgIpc) is 1.23. The zero-order valence-electron chi connectivity index (χ0n) is 66.3. The summed E-state index contributed by atoms with van der Waals surface area (Å²) in [5.41, 5.74) is 0. The standard InChI is InChI=1S/C87H146O17P2/c1-5-9-13-17-21-25-29-33-36-38-40-42-45-49-52-56-60-64-68-72-85(90)98-78-83(104-87(92)74-70-66-62-58-54-50-46-43-41-39-37-34-30-26-22-18-14-10-6-2)80-102-106(95,96)100-76-81(88)75-99-105(93,94)101-79-82(103-86(91)73-69-65-61-57-53-47-32-28-24-20-16-12-8-4)77-97-84(89)71-67-63-59-55-51-48-44-35-31-27-23-19-15-11-7-3/h10,14,21-22,25-28,31-34,36-37,40-43,49-50,52,54,60,64,81-83,88H,5-9,11-13,15-20,23-24,29-30,35,38-39,44-48,51,53,55-59,61-63,65-80H2,1-4H3,(H,93,94)(H,95,96)/b14-10-,25-21-,26-22-,31-27-,32-28-,36-33-,37-34-,42-40-,43-41-,52-49-,54-50-,64-60-/t81-,82+,83+/m0/s1. The lowest BCUT2D eigenvalue weighted by molar-refractivity contribution is -0.161. The molecule has 19 heteroatoms. The van der Waals surface area contributed by atoms with Gasteiger partial charge >= 0.3 is 39.5 Å². The number of rotatable bonds is 76. The Morgan fingerprint density at radius 1 is 0.274 bits per heavy atom. The largest absolute Gasteiger partial charge is 0.472 e. The molecule has 106 heavy (non-hydrogen) atoms. The van der Waals surface area contributed by atoms with Crippen LogP contribution >= 0.6 is 15.6 Å². The fourth-order valence-corrected chi connectivity index (χ4v) is 12.1. The Balaban J connectivity index is 5.48. The molecule has 0 aromatic rings. The van der Waals surface area contributed by atoms with Crippen LogP contribution < -0.4 is 0 Å². The van der Waals surface area contributed by atoms with E-state index in [1.165, 1.54) is 83.5 Å². The van der Waals surface area contributed by atoms with Crippen LogP contribution in [0.3, 0.4) is 0 Å². The van der Waals surface area contributed by atoms with Gasteiger partial charge in [-0.05, 0) is 161 Å². The zero-order chi connectivity index (χ0) is 77.4. The molecular weight excluding hydrogens is 1380 g/mol. The first-order valence-corrected chi connectivity index (χ1v) is 44.1. The molecule has 0 radical (unpaired) electrons. The van der Waals surface area contributed by atoms with Crippen molar-refractivity contribution in [2.45, 2.75) is 341 Å². The van der Waals surface area contributed by atoms with Gasteiger partial charge in [0.15, 0.2) is 12.2 Å². The summed E-state index contributed by atoms with van der Waals surface area (Å²) < 4.78 is 68.6. The fourth-order valence-electron chi connectivity index (χ4n) is 10.5. The lowest BCUT2D eigenvalue weighted by atomic mass is 10.1. The molecule has 0 amide bonds. The van der Waals surface area contributed by atoms with Crippen LogP contribution in [0.1, 0.15) is 323 Å². The summed E-state index contributed by atoms with van der Waals surface area (Å²) in [6.45, 7) is 4.58. The van der Waals surface area contributed by atoms with Crippen molar-refractivity contribution >= 4 is 39.5 Å². The number of aliphatic hydroxyl groups excluding tert-OH is 1. The second-order valence-corrected chi connectivity index (χ2v) is 29.9. The Kier molecular flexibility index (Phi) is 74.3. The molecular formula is C87H146O17P2. The normalized spacial score (nSPS) is 14.6. The molecule has 0 spiro atoms. The number of esters is 4. The molecule has 0 aromatic heterocycles. The van der Waals surface area contributed by atoms with Crippen LogP contribution in [0.5, 0.6) is 0 Å². The van der Waals surface area contributed by atoms with Gasteiger partial charge < -0.3 is 33.8 Å². The van der Waals surface area contributed by atoms with Crippen LogP contribution in [0.2, 0.25) is 0 Å². The molecule has 17 nitrogen and oxygen atoms in total. The molecule has 2 unspecified atom stereocenters. The van der Waals surface area contributed by atoms with Crippen LogP contribution in [0.25, 0.3) is 0 Å². The van der Waals surface area contributed by atoms with Crippen molar-refractivity contribution in [1.82, 2.24) is 0 Å². The van der Waals surface area contributed by atoms with E-state index >= 15 is 0 Å². The van der Waals surface area contributed by atoms with Crippen LogP contribution in [-0.4, -0.2) is 96.7 Å². The molecule has 0 saturated heterocycles. The van der Waals surface area contributed by atoms with E-state index in [4.69, 9.17) is 37.0 Å². The molecule has 0 aliphatic carbocycles. The molecule has 3 N–H and O–H groups in total. The summed E-state index contributed by atoms with van der Waals surface area (Å²) in [6, 6.07) is 0. The third kappa shape index (κ3) is 77.1. The molecule has 0 aliphatic heterocycles. The molecule has 5 atom stereocenters. The Hall–Kier alpha value is -5.06. The Labute approximate surface area is 643 Å². The highest BCUT2D eigenvalue weighted by Gasteiger charge is 2.30. The number of carbonyl (C=O) groups excluding carboxylic acids is 4. The van der Waals surface area contributed by atoms with Gasteiger partial charge in [0, 0.05) is 25.7 Å². The summed E-state index contributed by atoms with van der Waals surface area (Å²) in [7, 11) is -10.0. The van der Waals surface area contributed by atoms with Crippen molar-refractivity contribution in [2.75, 3.05) is 39.6 Å². The Bertz CT molecular complexity index is 2580. The van der Waals surface area contributed by atoms with Gasteiger partial charge in [-0.3, -0.25) is 37.3 Å². The van der Waals surface area contributed by atoms with Gasteiger partial charge in [-0.25, -0.2) is 9.13 Å². The first kappa shape index (κ1) is 101. The van der Waals surface area contributed by atoms with Gasteiger partial charge in [0.05, 0.1) is 26.4 Å². The number of phosphoric acid groups is 2. The molecule has 0 heterocycles. The van der Waals surface area contributed by atoms with Crippen molar-refractivity contribution in [1.29, 1.82) is 0 Å². The van der Waals surface area contributed by atoms with E-state index < -0.39 is 97.5 Å². The zero-order valence-corrected chi connectivity index (χ0v) is 68.1. The second kappa shape index (κ2) is 78.1. The molecule has 0 saturated carbocycles. The van der Waals surface area contributed by atoms with Gasteiger partial charge in [-0.2, -0.15) is 0 Å². The molecule has 0 bridgehead atoms. The quantitative estimate of drug-likeness (QED) is 0.0169. The maximum atomic E-state index is 13.1. The monoisotopic (exact) mass is 1530 g/mol. The number of aliphatic hydroxyl groups is 1. The van der Waals surface area contributed by atoms with Gasteiger partial charge in [0.2, 0.25) is 0 Å². The van der Waals surface area contributed by atoms with Crippen LogP contribution in [0.4, 0.5) is 0 Å². The van der Waals surface area contributed by atoms with E-state index in [-0.39, 0.29) is 25.7 Å². The number of hydrogen-bond donors (Lipinski definition) is 3. The maximum Gasteiger partial charge on any atom is 0.472 e. The van der Waals surface area contributed by atoms with E-state index in [0.29, 0.717) is 32.1 Å². The van der Waals surface area contributed by atoms with Gasteiger partial charge in [0.1, 0.15) is 19.3 Å². The first-order chi connectivity index (χ1) is 51.7. The smallest absolute Gasteiger partial charge is 0.462 e. The fraction of sp³-hybridized carbons (Fsp3) is 0.678. The molecule has 0 aliphatic rings. The summed E-state index contributed by atoms with van der Waals surface area (Å²) in [5.74, 6) is -2.32. The highest BCUT2D eigenvalue weighted by Crippen LogP contribution is 2.45. The minimum absolute atomic E-state index is 0.0259. The third-order valence-electron chi connectivity index (χ3n) is 16.8. The summed E-state index contributed by atoms with van der Waals surface area (Å²) in [5, 5.41) is 10.6. The molecule has 606 valence electrons. The van der Waals surface area contributed by atoms with E-state index in [0.717, 1.165) is 154 Å². The highest BCUT2D eigenvalue weighted by molar-refractivity contribution is 7.47. The van der Waals surface area contributed by atoms with E-state index in [2.05, 4.69) is 155 Å². The topological polar surface area (TPSA) is 237 Å². The summed E-state index contributed by atoms with van der Waals surface area (Å²) >= 11 is 0. The molecule has 0 fully saturated rings. The van der Waals surface area contributed by atoms with Gasteiger partial charge in [-0.15, -0.1) is 0 Å². The van der Waals surface area contributed by atoms with Gasteiger partial charge in [-0.1, -0.05) is 283 Å². The van der Waals surface area contributed by atoms with Crippen molar-refractivity contribution in [3.05, 3.63) is 146 Å². The average molecular weight is 1530 g/mol. The number of allylic oxidation sites excluding steroid dienone is 24. The Morgan fingerprint density at radius 2 is 0.509 bits per heavy atom. The highest BCUT2D eigenvalue weighted by atomic mass is 31.2. The van der Waals surface area contributed by atoms with Crippen molar-refractivity contribution in [2.24, 2.45) is 0 Å². The van der Waals surface area contributed by atoms with Gasteiger partial charge in [0.25, 0.3) is 0 Å². The van der Waals surface area contributed by atoms with Crippen molar-refractivity contribution < 1.29 is 80.2 Å². The van der Waals surface area contributed by atoms with Crippen molar-refractivity contribution in [3.8, 4) is 0 Å². The molecule has 0 rings (SSSR count). The van der Waals surface area contributed by atoms with Crippen LogP contribution in [0.15, 0.2) is 146 Å². The first-order valence-electron chi connectivity index (χ1n) is 41.1. The number of phosphoric ester groups is 2. The van der Waals surface area contributed by atoms with E-state index in [9.17, 15) is 43.2 Å². The summed E-state index contributed by atoms with van der Waals surface area (Å²) in [4.78, 5) is 73.1. The predicted molar refractivity (Wildman–Crippen MR) is 436 cm³/mol. The lowest BCUT2D eigenvalue weighted by Gasteiger charge is -2.21. The maximum absolute atomic E-state index is 13.1. The minimum atomic E-state index is -5.01. The number of carbonyl (C=O) groups is 4. The van der Waals surface area contributed by atoms with E-state index in [1.807, 2.05) is 18.2 Å². The number of ether oxygens (including phenoxy) is 4. The Morgan fingerprint density at radius 3 is 0.849 bits per heavy atom.